The first-order chi connectivity index (χ1) is 9.59. The van der Waals surface area contributed by atoms with Crippen LogP contribution in [0, 0.1) is 5.41 Å². The normalized spacial score (nSPS) is 18.0. The van der Waals surface area contributed by atoms with Gasteiger partial charge in [0, 0.05) is 0 Å². The molecule has 1 N–H and O–H groups in total. The Morgan fingerprint density at radius 2 is 2.05 bits per heavy atom. The average molecular weight is 377 g/mol. The van der Waals surface area contributed by atoms with Crippen LogP contribution in [-0.4, -0.2) is 37.1 Å². The quantitative estimate of drug-likeness (QED) is 0.852. The molecule has 0 atom stereocenters. The van der Waals surface area contributed by atoms with Gasteiger partial charge in [-0.15, -0.1) is 0 Å². The van der Waals surface area contributed by atoms with E-state index < -0.39 is 21.2 Å². The molecule has 0 aromatic heterocycles. The predicted octanol–water partition coefficient (Wildman–Crippen LogP) is 2.28. The fourth-order valence-corrected chi connectivity index (χ4v) is 3.79. The Morgan fingerprint density at radius 3 is 2.52 bits per heavy atom. The Balaban J connectivity index is 2.06. The first-order valence-corrected chi connectivity index (χ1v) is 9.09. The van der Waals surface area contributed by atoms with E-state index in [-0.39, 0.29) is 17.6 Å². The van der Waals surface area contributed by atoms with Crippen LogP contribution in [0.3, 0.4) is 0 Å². The second kappa shape index (κ2) is 5.61. The van der Waals surface area contributed by atoms with Gasteiger partial charge in [-0.1, -0.05) is 6.07 Å². The fraction of sp³-hybridized carbons (Fsp3) is 0.500. The number of ether oxygens (including phenoxy) is 1. The highest BCUT2D eigenvalue weighted by Crippen LogP contribution is 2.31. The van der Waals surface area contributed by atoms with Crippen LogP contribution < -0.4 is 4.74 Å². The SMILES string of the molecule is CC(C)(Cc1ccc(OC2CS(=O)(=O)C2)c(Br)c1)C(=O)O. The number of carboxylic acid groups (broad SMARTS) is 1. The molecule has 0 spiro atoms. The molecular formula is C14H17BrO5S. The predicted molar refractivity (Wildman–Crippen MR) is 82.3 cm³/mol. The number of benzene rings is 1. The van der Waals surface area contributed by atoms with Crippen molar-refractivity contribution in [1.29, 1.82) is 0 Å². The molecule has 0 unspecified atom stereocenters. The molecule has 0 amide bonds. The molecule has 1 aromatic carbocycles. The monoisotopic (exact) mass is 376 g/mol. The molecule has 1 aliphatic heterocycles. The first kappa shape index (κ1) is 16.3. The van der Waals surface area contributed by atoms with Gasteiger partial charge in [-0.05, 0) is 53.9 Å². The molecule has 5 nitrogen and oxygen atoms in total. The van der Waals surface area contributed by atoms with E-state index in [0.717, 1.165) is 5.56 Å². The minimum Gasteiger partial charge on any atom is -0.487 e. The van der Waals surface area contributed by atoms with Gasteiger partial charge in [-0.3, -0.25) is 4.79 Å². The lowest BCUT2D eigenvalue weighted by molar-refractivity contribution is -0.146. The van der Waals surface area contributed by atoms with E-state index >= 15 is 0 Å². The summed E-state index contributed by atoms with van der Waals surface area (Å²) in [5, 5.41) is 9.14. The van der Waals surface area contributed by atoms with Crippen LogP contribution in [0.5, 0.6) is 5.75 Å². The number of carboxylic acids is 1. The molecule has 0 aliphatic carbocycles. The van der Waals surface area contributed by atoms with Crippen molar-refractivity contribution in [3.63, 3.8) is 0 Å². The highest BCUT2D eigenvalue weighted by molar-refractivity contribution is 9.10. The molecule has 1 fully saturated rings. The van der Waals surface area contributed by atoms with Crippen LogP contribution in [-0.2, 0) is 21.1 Å². The molecule has 116 valence electrons. The van der Waals surface area contributed by atoms with Gasteiger partial charge >= 0.3 is 5.97 Å². The molecular weight excluding hydrogens is 360 g/mol. The summed E-state index contributed by atoms with van der Waals surface area (Å²) in [6.45, 7) is 3.35. The lowest BCUT2D eigenvalue weighted by Crippen LogP contribution is -2.45. The molecule has 1 aliphatic rings. The van der Waals surface area contributed by atoms with Gasteiger partial charge in [0.25, 0.3) is 0 Å². The minimum atomic E-state index is -2.91. The lowest BCUT2D eigenvalue weighted by atomic mass is 9.86. The summed E-state index contributed by atoms with van der Waals surface area (Å²) in [7, 11) is -2.91. The zero-order valence-corrected chi connectivity index (χ0v) is 14.2. The van der Waals surface area contributed by atoms with E-state index in [4.69, 9.17) is 9.84 Å². The number of rotatable bonds is 5. The Morgan fingerprint density at radius 1 is 1.43 bits per heavy atom. The van der Waals surface area contributed by atoms with Crippen LogP contribution >= 0.6 is 15.9 Å². The summed E-state index contributed by atoms with van der Waals surface area (Å²) in [6, 6.07) is 5.35. The molecule has 2 rings (SSSR count). The Hall–Kier alpha value is -1.08. The zero-order chi connectivity index (χ0) is 15.8. The van der Waals surface area contributed by atoms with E-state index in [1.54, 1.807) is 26.0 Å². The summed E-state index contributed by atoms with van der Waals surface area (Å²) in [5.74, 6) is -0.175. The van der Waals surface area contributed by atoms with Crippen molar-refractivity contribution < 1.29 is 23.1 Å². The molecule has 0 radical (unpaired) electrons. The number of halogens is 1. The van der Waals surface area contributed by atoms with Gasteiger partial charge in [0.05, 0.1) is 21.4 Å². The van der Waals surface area contributed by atoms with Crippen LogP contribution in [0.1, 0.15) is 19.4 Å². The largest absolute Gasteiger partial charge is 0.487 e. The summed E-state index contributed by atoms with van der Waals surface area (Å²) in [4.78, 5) is 11.1. The third-order valence-electron chi connectivity index (χ3n) is 3.39. The summed E-state index contributed by atoms with van der Waals surface area (Å²) in [5.41, 5.74) is 0.0343. The second-order valence-corrected chi connectivity index (χ2v) is 8.96. The topological polar surface area (TPSA) is 80.7 Å². The highest BCUT2D eigenvalue weighted by atomic mass is 79.9. The van der Waals surface area contributed by atoms with Crippen molar-refractivity contribution in [1.82, 2.24) is 0 Å². The van der Waals surface area contributed by atoms with E-state index in [1.165, 1.54) is 0 Å². The van der Waals surface area contributed by atoms with Gasteiger partial charge in [0.1, 0.15) is 11.9 Å². The van der Waals surface area contributed by atoms with Gasteiger partial charge in [-0.2, -0.15) is 0 Å². The standard InChI is InChI=1S/C14H17BrO5S/c1-14(2,13(16)17)6-9-3-4-12(11(15)5-9)20-10-7-21(18,19)8-10/h3-5,10H,6-8H2,1-2H3,(H,16,17). The number of hydrogen-bond donors (Lipinski definition) is 1. The fourth-order valence-electron chi connectivity index (χ4n) is 2.10. The molecule has 1 heterocycles. The van der Waals surface area contributed by atoms with Crippen LogP contribution in [0.15, 0.2) is 22.7 Å². The molecule has 21 heavy (non-hydrogen) atoms. The van der Waals surface area contributed by atoms with Crippen molar-refractivity contribution in [3.05, 3.63) is 28.2 Å². The van der Waals surface area contributed by atoms with E-state index in [1.807, 2.05) is 6.07 Å². The third kappa shape index (κ3) is 3.97. The average Bonchev–Trinajstić information content (AvgIpc) is 2.29. The van der Waals surface area contributed by atoms with Crippen molar-refractivity contribution in [3.8, 4) is 5.75 Å². The van der Waals surface area contributed by atoms with Gasteiger partial charge in [-0.25, -0.2) is 8.42 Å². The van der Waals surface area contributed by atoms with Crippen molar-refractivity contribution >= 4 is 31.7 Å². The number of hydrogen-bond acceptors (Lipinski definition) is 4. The second-order valence-electron chi connectivity index (χ2n) is 5.95. The molecule has 1 aromatic rings. The first-order valence-electron chi connectivity index (χ1n) is 6.48. The lowest BCUT2D eigenvalue weighted by Gasteiger charge is -2.27. The van der Waals surface area contributed by atoms with E-state index in [9.17, 15) is 13.2 Å². The smallest absolute Gasteiger partial charge is 0.309 e. The van der Waals surface area contributed by atoms with Crippen molar-refractivity contribution in [2.75, 3.05) is 11.5 Å². The Labute approximate surface area is 132 Å². The summed E-state index contributed by atoms with van der Waals surface area (Å²) in [6.07, 6.45) is 0.103. The molecule has 1 saturated heterocycles. The number of aliphatic carboxylic acids is 1. The molecule has 0 bridgehead atoms. The number of carbonyl (C=O) groups is 1. The van der Waals surface area contributed by atoms with Gasteiger partial charge < -0.3 is 9.84 Å². The van der Waals surface area contributed by atoms with E-state index in [0.29, 0.717) is 16.6 Å². The van der Waals surface area contributed by atoms with Crippen molar-refractivity contribution in [2.45, 2.75) is 26.4 Å². The van der Waals surface area contributed by atoms with Gasteiger partial charge in [0.15, 0.2) is 9.84 Å². The maximum Gasteiger partial charge on any atom is 0.309 e. The third-order valence-corrected chi connectivity index (χ3v) is 5.77. The number of sulfone groups is 1. The summed E-state index contributed by atoms with van der Waals surface area (Å²) >= 11 is 3.38. The zero-order valence-electron chi connectivity index (χ0n) is 11.8. The minimum absolute atomic E-state index is 0.0488. The molecule has 0 saturated carbocycles. The van der Waals surface area contributed by atoms with Crippen LogP contribution in [0.25, 0.3) is 0 Å². The molecule has 7 heteroatoms. The maximum atomic E-state index is 11.1. The maximum absolute atomic E-state index is 11.1. The van der Waals surface area contributed by atoms with Crippen LogP contribution in [0.2, 0.25) is 0 Å². The van der Waals surface area contributed by atoms with Gasteiger partial charge in [0.2, 0.25) is 0 Å². The summed E-state index contributed by atoms with van der Waals surface area (Å²) < 4.78 is 28.5. The van der Waals surface area contributed by atoms with Crippen molar-refractivity contribution in [2.24, 2.45) is 5.41 Å². The highest BCUT2D eigenvalue weighted by Gasteiger charge is 2.35. The van der Waals surface area contributed by atoms with Crippen LogP contribution in [0.4, 0.5) is 0 Å². The Kier molecular flexibility index (Phi) is 4.35. The van der Waals surface area contributed by atoms with E-state index in [2.05, 4.69) is 15.9 Å². The Bertz CT molecular complexity index is 654.